The molecule has 1 aliphatic carbocycles. The second-order valence-corrected chi connectivity index (χ2v) is 6.89. The summed E-state index contributed by atoms with van der Waals surface area (Å²) >= 11 is 6.37. The zero-order valence-corrected chi connectivity index (χ0v) is 14.2. The smallest absolute Gasteiger partial charge is 0.225 e. The van der Waals surface area contributed by atoms with Gasteiger partial charge in [-0.3, -0.25) is 9.59 Å². The van der Waals surface area contributed by atoms with Gasteiger partial charge in [0, 0.05) is 24.5 Å². The number of hydrogen-bond donors (Lipinski definition) is 1. The Labute approximate surface area is 142 Å². The first-order chi connectivity index (χ1) is 11.1. The first-order valence-corrected chi connectivity index (χ1v) is 8.81. The van der Waals surface area contributed by atoms with Crippen molar-refractivity contribution in [3.63, 3.8) is 0 Å². The highest BCUT2D eigenvalue weighted by molar-refractivity contribution is 6.31. The summed E-state index contributed by atoms with van der Waals surface area (Å²) in [6, 6.07) is 7.26. The summed E-state index contributed by atoms with van der Waals surface area (Å²) in [6.45, 7) is 3.29. The number of likely N-dealkylation sites (tertiary alicyclic amines) is 1. The number of piperidine rings is 1. The molecule has 1 aromatic rings. The van der Waals surface area contributed by atoms with Gasteiger partial charge in [-0.2, -0.15) is 0 Å². The average Bonchev–Trinajstić information content (AvgIpc) is 3.37. The maximum Gasteiger partial charge on any atom is 0.225 e. The number of rotatable bonds is 5. The molecule has 23 heavy (non-hydrogen) atoms. The normalized spacial score (nSPS) is 24.6. The summed E-state index contributed by atoms with van der Waals surface area (Å²) in [5.74, 6) is 0.563. The van der Waals surface area contributed by atoms with Crippen molar-refractivity contribution in [1.82, 2.24) is 10.2 Å². The first kappa shape index (κ1) is 16.3. The molecule has 1 aromatic carbocycles. The van der Waals surface area contributed by atoms with Crippen molar-refractivity contribution in [3.05, 3.63) is 34.9 Å². The molecule has 0 unspecified atom stereocenters. The number of halogens is 1. The van der Waals surface area contributed by atoms with Crippen LogP contribution >= 0.6 is 11.6 Å². The number of nitrogens with one attached hydrogen (secondary N) is 1. The molecule has 5 heteroatoms. The van der Waals surface area contributed by atoms with Crippen LogP contribution in [0.4, 0.5) is 0 Å². The maximum atomic E-state index is 12.7. The summed E-state index contributed by atoms with van der Waals surface area (Å²) in [6.07, 6.45) is 3.43. The van der Waals surface area contributed by atoms with Gasteiger partial charge in [0.15, 0.2) is 0 Å². The van der Waals surface area contributed by atoms with E-state index in [1.54, 1.807) is 4.90 Å². The number of benzene rings is 1. The number of carbonyl (C=O) groups excluding carboxylic acids is 2. The predicted molar refractivity (Wildman–Crippen MR) is 90.0 cm³/mol. The molecule has 0 radical (unpaired) electrons. The van der Waals surface area contributed by atoms with E-state index in [1.165, 1.54) is 12.8 Å². The van der Waals surface area contributed by atoms with E-state index in [4.69, 9.17) is 11.6 Å². The number of amides is 2. The Hall–Kier alpha value is -1.55. The van der Waals surface area contributed by atoms with Crippen LogP contribution in [0.1, 0.15) is 44.2 Å². The fourth-order valence-corrected chi connectivity index (χ4v) is 3.65. The topological polar surface area (TPSA) is 49.4 Å². The third-order valence-electron chi connectivity index (χ3n) is 4.87. The number of hydrogen-bond acceptors (Lipinski definition) is 2. The molecular weight excluding hydrogens is 312 g/mol. The van der Waals surface area contributed by atoms with Crippen molar-refractivity contribution in [2.75, 3.05) is 13.1 Å². The molecule has 1 aliphatic heterocycles. The Morgan fingerprint density at radius 2 is 2.04 bits per heavy atom. The molecule has 3 rings (SSSR count). The lowest BCUT2D eigenvalue weighted by Gasteiger charge is -2.40. The highest BCUT2D eigenvalue weighted by atomic mass is 35.5. The lowest BCUT2D eigenvalue weighted by Crippen LogP contribution is -2.48. The van der Waals surface area contributed by atoms with Crippen LogP contribution in [-0.4, -0.2) is 29.8 Å². The standard InChI is InChI=1S/C18H23ClN2O2/c1-2-21-16(22)10-9-14(18(23)20-11-12-7-8-12)17(21)13-5-3-4-6-15(13)19/h3-6,12,14,17H,2,7-11H2,1H3,(H,20,23)/t14-,17+/m1/s1. The molecule has 1 saturated carbocycles. The Bertz CT molecular complexity index is 600. The number of carbonyl (C=O) groups is 2. The zero-order valence-electron chi connectivity index (χ0n) is 13.4. The van der Waals surface area contributed by atoms with Crippen LogP contribution in [-0.2, 0) is 9.59 Å². The highest BCUT2D eigenvalue weighted by Crippen LogP contribution is 2.39. The van der Waals surface area contributed by atoms with E-state index in [1.807, 2.05) is 31.2 Å². The molecule has 1 N–H and O–H groups in total. The van der Waals surface area contributed by atoms with Crippen LogP contribution < -0.4 is 5.32 Å². The molecule has 0 spiro atoms. The maximum absolute atomic E-state index is 12.7. The lowest BCUT2D eigenvalue weighted by molar-refractivity contribution is -0.143. The third kappa shape index (κ3) is 3.52. The summed E-state index contributed by atoms with van der Waals surface area (Å²) in [7, 11) is 0. The monoisotopic (exact) mass is 334 g/mol. The van der Waals surface area contributed by atoms with Crippen LogP contribution in [0.5, 0.6) is 0 Å². The van der Waals surface area contributed by atoms with Gasteiger partial charge in [0.2, 0.25) is 11.8 Å². The van der Waals surface area contributed by atoms with Crippen molar-refractivity contribution in [2.45, 2.75) is 38.6 Å². The molecule has 124 valence electrons. The van der Waals surface area contributed by atoms with Gasteiger partial charge < -0.3 is 10.2 Å². The fraction of sp³-hybridized carbons (Fsp3) is 0.556. The van der Waals surface area contributed by atoms with E-state index >= 15 is 0 Å². The van der Waals surface area contributed by atoms with Crippen molar-refractivity contribution in [3.8, 4) is 0 Å². The molecule has 0 bridgehead atoms. The van der Waals surface area contributed by atoms with E-state index in [0.29, 0.717) is 30.3 Å². The first-order valence-electron chi connectivity index (χ1n) is 8.43. The number of nitrogens with zero attached hydrogens (tertiary/aromatic N) is 1. The van der Waals surface area contributed by atoms with Crippen molar-refractivity contribution < 1.29 is 9.59 Å². The summed E-state index contributed by atoms with van der Waals surface area (Å²) < 4.78 is 0. The SMILES string of the molecule is CCN1C(=O)CC[C@@H](C(=O)NCC2CC2)[C@@H]1c1ccccc1Cl. The van der Waals surface area contributed by atoms with Gasteiger partial charge in [-0.25, -0.2) is 0 Å². The average molecular weight is 335 g/mol. The van der Waals surface area contributed by atoms with E-state index in [0.717, 1.165) is 12.1 Å². The van der Waals surface area contributed by atoms with E-state index in [9.17, 15) is 9.59 Å². The largest absolute Gasteiger partial charge is 0.356 e. The van der Waals surface area contributed by atoms with Gasteiger partial charge in [0.1, 0.15) is 0 Å². The van der Waals surface area contributed by atoms with Crippen molar-refractivity contribution in [1.29, 1.82) is 0 Å². The Kier molecular flexibility index (Phi) is 4.90. The Morgan fingerprint density at radius 3 is 2.70 bits per heavy atom. The zero-order chi connectivity index (χ0) is 16.4. The lowest BCUT2D eigenvalue weighted by atomic mass is 9.83. The minimum Gasteiger partial charge on any atom is -0.356 e. The van der Waals surface area contributed by atoms with Crippen LogP contribution in [0, 0.1) is 11.8 Å². The Morgan fingerprint density at radius 1 is 1.30 bits per heavy atom. The third-order valence-corrected chi connectivity index (χ3v) is 5.21. The quantitative estimate of drug-likeness (QED) is 0.899. The van der Waals surface area contributed by atoms with Crippen LogP contribution in [0.3, 0.4) is 0 Å². The second kappa shape index (κ2) is 6.91. The van der Waals surface area contributed by atoms with Crippen LogP contribution in [0.25, 0.3) is 0 Å². The van der Waals surface area contributed by atoms with E-state index < -0.39 is 0 Å². The minimum absolute atomic E-state index is 0.0489. The van der Waals surface area contributed by atoms with Crippen molar-refractivity contribution >= 4 is 23.4 Å². The molecule has 2 fully saturated rings. The minimum atomic E-state index is -0.269. The molecule has 1 heterocycles. The molecular formula is C18H23ClN2O2. The van der Waals surface area contributed by atoms with Crippen LogP contribution in [0.15, 0.2) is 24.3 Å². The molecule has 4 nitrogen and oxygen atoms in total. The van der Waals surface area contributed by atoms with Gasteiger partial charge in [-0.15, -0.1) is 0 Å². The van der Waals surface area contributed by atoms with E-state index in [2.05, 4.69) is 5.32 Å². The summed E-state index contributed by atoms with van der Waals surface area (Å²) in [5.41, 5.74) is 0.871. The van der Waals surface area contributed by atoms with Gasteiger partial charge in [0.05, 0.1) is 12.0 Å². The highest BCUT2D eigenvalue weighted by Gasteiger charge is 2.40. The van der Waals surface area contributed by atoms with Gasteiger partial charge in [-0.05, 0) is 43.7 Å². The molecule has 2 atom stereocenters. The fourth-order valence-electron chi connectivity index (χ4n) is 3.40. The summed E-state index contributed by atoms with van der Waals surface area (Å²) in [4.78, 5) is 26.8. The van der Waals surface area contributed by atoms with Crippen LogP contribution in [0.2, 0.25) is 5.02 Å². The predicted octanol–water partition coefficient (Wildman–Crippen LogP) is 3.17. The Balaban J connectivity index is 1.87. The molecule has 2 amide bonds. The molecule has 2 aliphatic rings. The summed E-state index contributed by atoms with van der Waals surface area (Å²) in [5, 5.41) is 3.69. The van der Waals surface area contributed by atoms with E-state index in [-0.39, 0.29) is 23.8 Å². The second-order valence-electron chi connectivity index (χ2n) is 6.48. The van der Waals surface area contributed by atoms with Crippen molar-refractivity contribution in [2.24, 2.45) is 11.8 Å². The van der Waals surface area contributed by atoms with Gasteiger partial charge >= 0.3 is 0 Å². The van der Waals surface area contributed by atoms with Gasteiger partial charge in [0.25, 0.3) is 0 Å². The molecule has 1 saturated heterocycles. The van der Waals surface area contributed by atoms with Gasteiger partial charge in [-0.1, -0.05) is 29.8 Å². The molecule has 0 aromatic heterocycles.